The van der Waals surface area contributed by atoms with Gasteiger partial charge in [0, 0.05) is 13.8 Å². The van der Waals surface area contributed by atoms with Crippen molar-refractivity contribution in [2.75, 3.05) is 4.90 Å². The summed E-state index contributed by atoms with van der Waals surface area (Å²) in [6.07, 6.45) is 0.934. The molecule has 146 valence electrons. The Balaban J connectivity index is 1.77. The zero-order valence-electron chi connectivity index (χ0n) is 15.0. The highest BCUT2D eigenvalue weighted by molar-refractivity contribution is 6.36. The van der Waals surface area contributed by atoms with Crippen molar-refractivity contribution in [1.29, 1.82) is 0 Å². The van der Waals surface area contributed by atoms with E-state index in [9.17, 15) is 19.2 Å². The van der Waals surface area contributed by atoms with E-state index in [0.717, 1.165) is 18.7 Å². The lowest BCUT2D eigenvalue weighted by Crippen LogP contribution is -2.52. The minimum absolute atomic E-state index is 0.246. The maximum absolute atomic E-state index is 13.3. The molecule has 2 bridgehead atoms. The van der Waals surface area contributed by atoms with Crippen molar-refractivity contribution in [3.05, 3.63) is 41.4 Å². The lowest BCUT2D eigenvalue weighted by molar-refractivity contribution is -0.226. The molecule has 3 aliphatic heterocycles. The number of esters is 2. The number of amides is 2. The quantitative estimate of drug-likeness (QED) is 0.324. The largest absolute Gasteiger partial charge is 0.422 e. The van der Waals surface area contributed by atoms with Gasteiger partial charge < -0.3 is 14.2 Å². The molecule has 2 fully saturated rings. The van der Waals surface area contributed by atoms with Gasteiger partial charge in [0.05, 0.1) is 28.6 Å². The SMILES string of the molecule is CC(=O)OC(OC(C)=O)[C@@]12C=C[C@@H](O1)[C@H]1C(=O)N(c3ccccc3Cl)C(=O)[C@@H]12. The Labute approximate surface area is 165 Å². The van der Waals surface area contributed by atoms with Crippen LogP contribution in [0.5, 0.6) is 0 Å². The van der Waals surface area contributed by atoms with Gasteiger partial charge in [0.15, 0.2) is 5.60 Å². The van der Waals surface area contributed by atoms with Crippen molar-refractivity contribution in [2.45, 2.75) is 31.8 Å². The Morgan fingerprint density at radius 1 is 1.14 bits per heavy atom. The zero-order valence-corrected chi connectivity index (χ0v) is 15.7. The Bertz CT molecular complexity index is 913. The fourth-order valence-electron chi connectivity index (χ4n) is 4.09. The monoisotopic (exact) mass is 405 g/mol. The van der Waals surface area contributed by atoms with Crippen LogP contribution in [0.2, 0.25) is 5.02 Å². The van der Waals surface area contributed by atoms with Crippen LogP contribution in [0.1, 0.15) is 13.8 Å². The molecule has 0 spiro atoms. The molecule has 0 aliphatic carbocycles. The van der Waals surface area contributed by atoms with E-state index < -0.39 is 53.6 Å². The highest BCUT2D eigenvalue weighted by atomic mass is 35.5. The predicted molar refractivity (Wildman–Crippen MR) is 95.0 cm³/mol. The second kappa shape index (κ2) is 6.42. The van der Waals surface area contributed by atoms with Crippen molar-refractivity contribution in [2.24, 2.45) is 11.8 Å². The molecule has 1 aromatic carbocycles. The van der Waals surface area contributed by atoms with E-state index in [4.69, 9.17) is 25.8 Å². The molecule has 4 rings (SSSR count). The molecular formula is C19H16ClNO7. The van der Waals surface area contributed by atoms with Crippen LogP contribution in [0.15, 0.2) is 36.4 Å². The van der Waals surface area contributed by atoms with Gasteiger partial charge in [-0.2, -0.15) is 0 Å². The third-order valence-corrected chi connectivity index (χ3v) is 5.41. The first kappa shape index (κ1) is 18.6. The molecule has 0 unspecified atom stereocenters. The average Bonchev–Trinajstić information content (AvgIpc) is 3.26. The van der Waals surface area contributed by atoms with Crippen LogP contribution in [0, 0.1) is 11.8 Å². The third kappa shape index (κ3) is 2.56. The van der Waals surface area contributed by atoms with Crippen LogP contribution in [0.4, 0.5) is 5.69 Å². The first-order valence-corrected chi connectivity index (χ1v) is 8.98. The normalized spacial score (nSPS) is 30.1. The number of imide groups is 1. The molecule has 8 nitrogen and oxygen atoms in total. The zero-order chi connectivity index (χ0) is 20.2. The number of benzene rings is 1. The van der Waals surface area contributed by atoms with E-state index in [1.807, 2.05) is 0 Å². The van der Waals surface area contributed by atoms with Gasteiger partial charge in [-0.1, -0.05) is 29.8 Å². The highest BCUT2D eigenvalue weighted by Gasteiger charge is 2.72. The summed E-state index contributed by atoms with van der Waals surface area (Å²) in [7, 11) is 0. The van der Waals surface area contributed by atoms with Gasteiger partial charge in [-0.05, 0) is 18.2 Å². The summed E-state index contributed by atoms with van der Waals surface area (Å²) in [5.41, 5.74) is -1.31. The number of anilines is 1. The van der Waals surface area contributed by atoms with E-state index in [2.05, 4.69) is 0 Å². The fraction of sp³-hybridized carbons (Fsp3) is 0.368. The minimum atomic E-state index is -1.57. The van der Waals surface area contributed by atoms with Crippen LogP contribution in [-0.4, -0.2) is 41.7 Å². The van der Waals surface area contributed by atoms with Crippen molar-refractivity contribution in [1.82, 2.24) is 0 Å². The van der Waals surface area contributed by atoms with Gasteiger partial charge in [-0.15, -0.1) is 0 Å². The molecule has 2 saturated heterocycles. The predicted octanol–water partition coefficient (Wildman–Crippen LogP) is 1.61. The lowest BCUT2D eigenvalue weighted by atomic mass is 9.76. The van der Waals surface area contributed by atoms with E-state index >= 15 is 0 Å². The van der Waals surface area contributed by atoms with Crippen LogP contribution in [0.3, 0.4) is 0 Å². The molecule has 3 heterocycles. The van der Waals surface area contributed by atoms with Gasteiger partial charge in [-0.25, -0.2) is 4.90 Å². The molecule has 9 heteroatoms. The van der Waals surface area contributed by atoms with E-state index in [-0.39, 0.29) is 10.7 Å². The first-order valence-electron chi connectivity index (χ1n) is 8.60. The van der Waals surface area contributed by atoms with E-state index in [1.54, 1.807) is 30.3 Å². The summed E-state index contributed by atoms with van der Waals surface area (Å²) in [5, 5.41) is 0.246. The summed E-state index contributed by atoms with van der Waals surface area (Å²) >= 11 is 6.18. The summed E-state index contributed by atoms with van der Waals surface area (Å²) in [6, 6.07) is 6.49. The number of para-hydroxylation sites is 1. The number of carbonyl (C=O) groups excluding carboxylic acids is 4. The molecule has 0 saturated carbocycles. The number of hydrogen-bond acceptors (Lipinski definition) is 7. The molecule has 0 aromatic heterocycles. The van der Waals surface area contributed by atoms with Gasteiger partial charge in [0.2, 0.25) is 11.8 Å². The number of rotatable bonds is 4. The third-order valence-electron chi connectivity index (χ3n) is 5.09. The molecule has 1 aromatic rings. The molecule has 3 aliphatic rings. The lowest BCUT2D eigenvalue weighted by Gasteiger charge is -2.34. The number of nitrogens with zero attached hydrogens (tertiary/aromatic N) is 1. The Morgan fingerprint density at radius 2 is 1.79 bits per heavy atom. The molecule has 0 N–H and O–H groups in total. The summed E-state index contributed by atoms with van der Waals surface area (Å²) in [5.74, 6) is -4.31. The Hall–Kier alpha value is -2.71. The highest BCUT2D eigenvalue weighted by Crippen LogP contribution is 2.55. The van der Waals surface area contributed by atoms with Crippen LogP contribution >= 0.6 is 11.6 Å². The first-order chi connectivity index (χ1) is 13.3. The van der Waals surface area contributed by atoms with Crippen LogP contribution < -0.4 is 4.90 Å². The van der Waals surface area contributed by atoms with Gasteiger partial charge in [0.25, 0.3) is 6.29 Å². The Kier molecular flexibility index (Phi) is 4.28. The van der Waals surface area contributed by atoms with Crippen molar-refractivity contribution in [3.8, 4) is 0 Å². The van der Waals surface area contributed by atoms with Crippen LogP contribution in [0.25, 0.3) is 0 Å². The molecule has 4 atom stereocenters. The van der Waals surface area contributed by atoms with Crippen molar-refractivity contribution in [3.63, 3.8) is 0 Å². The van der Waals surface area contributed by atoms with E-state index in [0.29, 0.717) is 0 Å². The topological polar surface area (TPSA) is 99.2 Å². The Morgan fingerprint density at radius 3 is 2.39 bits per heavy atom. The standard InChI is InChI=1S/C19H16ClNO7/c1-9(22)26-18(27-10(2)23)19-8-7-13(28-19)14-15(19)17(25)21(16(14)24)12-6-4-3-5-11(12)20/h3-8,13-15,18H,1-2H3/t13-,14-,15-,19+/m1/s1. The average molecular weight is 406 g/mol. The van der Waals surface area contributed by atoms with E-state index in [1.165, 1.54) is 6.08 Å². The van der Waals surface area contributed by atoms with Gasteiger partial charge in [0.1, 0.15) is 0 Å². The summed E-state index contributed by atoms with van der Waals surface area (Å²) in [4.78, 5) is 50.5. The molecule has 0 radical (unpaired) electrons. The summed E-state index contributed by atoms with van der Waals surface area (Å²) < 4.78 is 16.2. The van der Waals surface area contributed by atoms with Gasteiger partial charge in [-0.3, -0.25) is 19.2 Å². The maximum atomic E-state index is 13.3. The number of ether oxygens (including phenoxy) is 3. The van der Waals surface area contributed by atoms with Gasteiger partial charge >= 0.3 is 11.9 Å². The maximum Gasteiger partial charge on any atom is 0.305 e. The molecule has 2 amide bonds. The number of halogens is 1. The minimum Gasteiger partial charge on any atom is -0.422 e. The van der Waals surface area contributed by atoms with Crippen LogP contribution in [-0.2, 0) is 33.4 Å². The number of carbonyl (C=O) groups is 4. The fourth-order valence-corrected chi connectivity index (χ4v) is 4.31. The van der Waals surface area contributed by atoms with Crippen molar-refractivity contribution < 1.29 is 33.4 Å². The number of hydrogen-bond donors (Lipinski definition) is 0. The van der Waals surface area contributed by atoms with Crippen molar-refractivity contribution >= 4 is 41.0 Å². The number of fused-ring (bicyclic) bond motifs is 5. The second-order valence-electron chi connectivity index (χ2n) is 6.81. The molecular weight excluding hydrogens is 390 g/mol. The second-order valence-corrected chi connectivity index (χ2v) is 7.22. The smallest absolute Gasteiger partial charge is 0.305 e. The summed E-state index contributed by atoms with van der Waals surface area (Å²) in [6.45, 7) is 2.29. The molecule has 28 heavy (non-hydrogen) atoms.